The third kappa shape index (κ3) is 4.08. The summed E-state index contributed by atoms with van der Waals surface area (Å²) in [5.74, 6) is -0.943. The van der Waals surface area contributed by atoms with Crippen LogP contribution < -0.4 is 0 Å². The van der Waals surface area contributed by atoms with Crippen LogP contribution in [0.4, 0.5) is 0 Å². The normalized spacial score (nSPS) is 20.9. The zero-order valence-electron chi connectivity index (χ0n) is 9.76. The zero-order chi connectivity index (χ0) is 12.0. The lowest BCUT2D eigenvalue weighted by atomic mass is 10.2. The number of carboxylic acid groups (broad SMARTS) is 1. The Morgan fingerprint density at radius 1 is 1.44 bits per heavy atom. The average Bonchev–Trinajstić information content (AvgIpc) is 2.77. The number of hydrogen-bond acceptors (Lipinski definition) is 4. The number of carbonyl (C=O) groups is 1. The molecule has 2 unspecified atom stereocenters. The monoisotopic (exact) mass is 231 g/mol. The fourth-order valence-electron chi connectivity index (χ4n) is 1.95. The highest BCUT2D eigenvalue weighted by Crippen LogP contribution is 2.14. The molecule has 0 aromatic carbocycles. The van der Waals surface area contributed by atoms with E-state index in [0.29, 0.717) is 13.0 Å². The van der Waals surface area contributed by atoms with E-state index in [4.69, 9.17) is 9.84 Å². The van der Waals surface area contributed by atoms with Gasteiger partial charge in [-0.15, -0.1) is 0 Å². The molecule has 0 spiro atoms. The van der Waals surface area contributed by atoms with Gasteiger partial charge in [-0.3, -0.25) is 4.90 Å². The SMILES string of the molecule is CC(OCCC(CO)N1CCCC1)C(=O)O. The summed E-state index contributed by atoms with van der Waals surface area (Å²) >= 11 is 0. The second kappa shape index (κ2) is 6.83. The molecule has 1 rings (SSSR count). The summed E-state index contributed by atoms with van der Waals surface area (Å²) in [6.45, 7) is 4.07. The first kappa shape index (κ1) is 13.4. The molecule has 0 aliphatic carbocycles. The highest BCUT2D eigenvalue weighted by atomic mass is 16.5. The van der Waals surface area contributed by atoms with E-state index in [9.17, 15) is 9.90 Å². The van der Waals surface area contributed by atoms with Crippen LogP contribution in [0.5, 0.6) is 0 Å². The van der Waals surface area contributed by atoms with Gasteiger partial charge in [-0.1, -0.05) is 0 Å². The Bertz CT molecular complexity index is 216. The van der Waals surface area contributed by atoms with E-state index >= 15 is 0 Å². The number of likely N-dealkylation sites (tertiary alicyclic amines) is 1. The molecule has 5 nitrogen and oxygen atoms in total. The lowest BCUT2D eigenvalue weighted by molar-refractivity contribution is -0.149. The molecular weight excluding hydrogens is 210 g/mol. The molecule has 0 bridgehead atoms. The number of rotatable bonds is 7. The molecule has 0 aromatic heterocycles. The Morgan fingerprint density at radius 2 is 2.06 bits per heavy atom. The van der Waals surface area contributed by atoms with Crippen LogP contribution >= 0.6 is 0 Å². The van der Waals surface area contributed by atoms with Gasteiger partial charge >= 0.3 is 5.97 Å². The van der Waals surface area contributed by atoms with Crippen LogP contribution in [-0.2, 0) is 9.53 Å². The fraction of sp³-hybridized carbons (Fsp3) is 0.909. The summed E-state index contributed by atoms with van der Waals surface area (Å²) < 4.78 is 5.16. The molecule has 0 amide bonds. The predicted molar refractivity (Wildman–Crippen MR) is 59.3 cm³/mol. The minimum absolute atomic E-state index is 0.114. The molecule has 0 saturated carbocycles. The summed E-state index contributed by atoms with van der Waals surface area (Å²) in [5.41, 5.74) is 0. The molecule has 0 aromatic rings. The van der Waals surface area contributed by atoms with E-state index in [2.05, 4.69) is 4.90 Å². The molecule has 1 aliphatic heterocycles. The Morgan fingerprint density at radius 3 is 2.56 bits per heavy atom. The van der Waals surface area contributed by atoms with Crippen LogP contribution in [0.3, 0.4) is 0 Å². The number of ether oxygens (including phenoxy) is 1. The van der Waals surface area contributed by atoms with Crippen molar-refractivity contribution in [2.45, 2.75) is 38.3 Å². The Labute approximate surface area is 96.0 Å². The van der Waals surface area contributed by atoms with Crippen molar-refractivity contribution < 1.29 is 19.7 Å². The van der Waals surface area contributed by atoms with E-state index in [1.165, 1.54) is 19.8 Å². The molecule has 94 valence electrons. The van der Waals surface area contributed by atoms with E-state index in [1.54, 1.807) is 0 Å². The quantitative estimate of drug-likeness (QED) is 0.660. The molecule has 5 heteroatoms. The Hall–Kier alpha value is -0.650. The summed E-state index contributed by atoms with van der Waals surface area (Å²) in [5, 5.41) is 17.9. The predicted octanol–water partition coefficient (Wildman–Crippen LogP) is 0.323. The van der Waals surface area contributed by atoms with Gasteiger partial charge in [-0.2, -0.15) is 0 Å². The largest absolute Gasteiger partial charge is 0.479 e. The summed E-state index contributed by atoms with van der Waals surface area (Å²) in [6, 6.07) is 0.114. The van der Waals surface area contributed by atoms with Crippen molar-refractivity contribution in [2.75, 3.05) is 26.3 Å². The van der Waals surface area contributed by atoms with Crippen molar-refractivity contribution in [2.24, 2.45) is 0 Å². The maximum absolute atomic E-state index is 10.5. The Balaban J connectivity index is 2.20. The van der Waals surface area contributed by atoms with Crippen molar-refractivity contribution in [1.29, 1.82) is 0 Å². The minimum atomic E-state index is -0.943. The lowest BCUT2D eigenvalue weighted by Gasteiger charge is -2.25. The number of hydrogen-bond donors (Lipinski definition) is 2. The third-order valence-electron chi connectivity index (χ3n) is 3.03. The molecule has 1 saturated heterocycles. The van der Waals surface area contributed by atoms with Crippen molar-refractivity contribution in [1.82, 2.24) is 4.90 Å². The van der Waals surface area contributed by atoms with Gasteiger partial charge in [0.25, 0.3) is 0 Å². The van der Waals surface area contributed by atoms with Gasteiger partial charge in [0.2, 0.25) is 0 Å². The zero-order valence-corrected chi connectivity index (χ0v) is 9.76. The summed E-state index contributed by atoms with van der Waals surface area (Å²) in [4.78, 5) is 12.8. The maximum atomic E-state index is 10.5. The summed E-state index contributed by atoms with van der Waals surface area (Å²) in [6.07, 6.45) is 2.29. The topological polar surface area (TPSA) is 70.0 Å². The molecule has 1 heterocycles. The first-order valence-corrected chi connectivity index (χ1v) is 5.84. The average molecular weight is 231 g/mol. The molecule has 2 atom stereocenters. The van der Waals surface area contributed by atoms with Crippen LogP contribution in [0.2, 0.25) is 0 Å². The number of nitrogens with zero attached hydrogens (tertiary/aromatic N) is 1. The van der Waals surface area contributed by atoms with E-state index < -0.39 is 12.1 Å². The van der Waals surface area contributed by atoms with Crippen LogP contribution in [0, 0.1) is 0 Å². The van der Waals surface area contributed by atoms with Crippen LogP contribution in [-0.4, -0.2) is 59.5 Å². The lowest BCUT2D eigenvalue weighted by Crippen LogP contribution is -2.37. The van der Waals surface area contributed by atoms with E-state index in [0.717, 1.165) is 13.1 Å². The second-order valence-electron chi connectivity index (χ2n) is 4.22. The molecule has 16 heavy (non-hydrogen) atoms. The van der Waals surface area contributed by atoms with Crippen LogP contribution in [0.15, 0.2) is 0 Å². The van der Waals surface area contributed by atoms with Crippen molar-refractivity contribution in [3.05, 3.63) is 0 Å². The molecule has 2 N–H and O–H groups in total. The van der Waals surface area contributed by atoms with E-state index in [-0.39, 0.29) is 12.6 Å². The number of aliphatic carboxylic acids is 1. The van der Waals surface area contributed by atoms with Gasteiger partial charge in [-0.05, 0) is 39.3 Å². The fourth-order valence-corrected chi connectivity index (χ4v) is 1.95. The number of aliphatic hydroxyl groups excluding tert-OH is 1. The van der Waals surface area contributed by atoms with Crippen LogP contribution in [0.1, 0.15) is 26.2 Å². The van der Waals surface area contributed by atoms with Crippen molar-refractivity contribution >= 4 is 5.97 Å². The van der Waals surface area contributed by atoms with Crippen LogP contribution in [0.25, 0.3) is 0 Å². The molecule has 1 aliphatic rings. The smallest absolute Gasteiger partial charge is 0.332 e. The van der Waals surface area contributed by atoms with Gasteiger partial charge in [0.1, 0.15) is 0 Å². The van der Waals surface area contributed by atoms with Gasteiger partial charge in [0, 0.05) is 12.6 Å². The molecule has 1 fully saturated rings. The maximum Gasteiger partial charge on any atom is 0.332 e. The Kier molecular flexibility index (Phi) is 5.73. The summed E-state index contributed by atoms with van der Waals surface area (Å²) in [7, 11) is 0. The van der Waals surface area contributed by atoms with Gasteiger partial charge < -0.3 is 14.9 Å². The van der Waals surface area contributed by atoms with Gasteiger partial charge in [-0.25, -0.2) is 4.79 Å². The third-order valence-corrected chi connectivity index (χ3v) is 3.03. The van der Waals surface area contributed by atoms with Gasteiger partial charge in [0.05, 0.1) is 6.61 Å². The molecular formula is C11H21NO4. The minimum Gasteiger partial charge on any atom is -0.479 e. The highest BCUT2D eigenvalue weighted by Gasteiger charge is 2.21. The first-order chi connectivity index (χ1) is 7.65. The highest BCUT2D eigenvalue weighted by molar-refractivity contribution is 5.71. The second-order valence-corrected chi connectivity index (χ2v) is 4.22. The number of carboxylic acids is 1. The van der Waals surface area contributed by atoms with E-state index in [1.807, 2.05) is 0 Å². The molecule has 0 radical (unpaired) electrons. The number of aliphatic hydroxyl groups is 1. The van der Waals surface area contributed by atoms with Crippen molar-refractivity contribution in [3.8, 4) is 0 Å². The van der Waals surface area contributed by atoms with Gasteiger partial charge in [0.15, 0.2) is 6.10 Å². The van der Waals surface area contributed by atoms with Crippen molar-refractivity contribution in [3.63, 3.8) is 0 Å². The standard InChI is InChI=1S/C11H21NO4/c1-9(11(14)15)16-7-4-10(8-13)12-5-2-3-6-12/h9-10,13H,2-8H2,1H3,(H,14,15). The first-order valence-electron chi connectivity index (χ1n) is 5.84.